The van der Waals surface area contributed by atoms with Crippen molar-refractivity contribution in [3.63, 3.8) is 0 Å². The van der Waals surface area contributed by atoms with E-state index in [1.807, 2.05) is 13.0 Å². The molecular formula is C11H11N3O2S. The number of anilines is 1. The molecule has 0 fully saturated rings. The Morgan fingerprint density at radius 1 is 1.53 bits per heavy atom. The van der Waals surface area contributed by atoms with Crippen molar-refractivity contribution < 1.29 is 9.90 Å². The van der Waals surface area contributed by atoms with Crippen molar-refractivity contribution in [3.05, 3.63) is 41.2 Å². The molecule has 0 aliphatic rings. The van der Waals surface area contributed by atoms with Gasteiger partial charge in [0.1, 0.15) is 5.82 Å². The molecule has 0 bridgehead atoms. The highest BCUT2D eigenvalue weighted by Gasteiger charge is 2.04. The fraction of sp³-hybridized carbons (Fsp3) is 0.182. The van der Waals surface area contributed by atoms with E-state index < -0.39 is 5.97 Å². The minimum absolute atomic E-state index is 0.290. The normalized spacial score (nSPS) is 10.2. The molecule has 6 heteroatoms. The van der Waals surface area contributed by atoms with Crippen molar-refractivity contribution in [1.29, 1.82) is 0 Å². The number of hydrogen-bond acceptors (Lipinski definition) is 5. The maximum absolute atomic E-state index is 10.8. The van der Waals surface area contributed by atoms with E-state index in [4.69, 9.17) is 5.11 Å². The molecule has 0 atom stereocenters. The Morgan fingerprint density at radius 2 is 2.35 bits per heavy atom. The van der Waals surface area contributed by atoms with Gasteiger partial charge < -0.3 is 10.4 Å². The van der Waals surface area contributed by atoms with Gasteiger partial charge in [-0.3, -0.25) is 0 Å². The topological polar surface area (TPSA) is 75.1 Å². The molecule has 1 aromatic carbocycles. The molecule has 17 heavy (non-hydrogen) atoms. The fourth-order valence-corrected chi connectivity index (χ4v) is 1.93. The van der Waals surface area contributed by atoms with Gasteiger partial charge in [-0.1, -0.05) is 12.1 Å². The average molecular weight is 249 g/mol. The Balaban J connectivity index is 2.04. The van der Waals surface area contributed by atoms with Crippen LogP contribution in [0.25, 0.3) is 0 Å². The molecule has 2 N–H and O–H groups in total. The van der Waals surface area contributed by atoms with E-state index >= 15 is 0 Å². The summed E-state index contributed by atoms with van der Waals surface area (Å²) in [4.78, 5) is 15.0. The Kier molecular flexibility index (Phi) is 3.34. The number of carboxylic acids is 1. The van der Waals surface area contributed by atoms with E-state index in [2.05, 4.69) is 14.7 Å². The minimum Gasteiger partial charge on any atom is -0.478 e. The van der Waals surface area contributed by atoms with Gasteiger partial charge >= 0.3 is 5.97 Å². The molecule has 2 aromatic rings. The van der Waals surface area contributed by atoms with Crippen molar-refractivity contribution in [1.82, 2.24) is 9.36 Å². The summed E-state index contributed by atoms with van der Waals surface area (Å²) in [5, 5.41) is 12.7. The van der Waals surface area contributed by atoms with Gasteiger partial charge in [0.2, 0.25) is 5.13 Å². The fourth-order valence-electron chi connectivity index (χ4n) is 1.36. The maximum Gasteiger partial charge on any atom is 0.335 e. The Labute approximate surface area is 102 Å². The lowest BCUT2D eigenvalue weighted by molar-refractivity contribution is 0.0697. The summed E-state index contributed by atoms with van der Waals surface area (Å²) >= 11 is 1.29. The number of nitrogens with one attached hydrogen (secondary N) is 1. The molecule has 0 radical (unpaired) electrons. The van der Waals surface area contributed by atoms with Crippen LogP contribution in [0.4, 0.5) is 5.13 Å². The van der Waals surface area contributed by atoms with E-state index in [1.165, 1.54) is 11.5 Å². The highest BCUT2D eigenvalue weighted by Crippen LogP contribution is 2.12. The zero-order chi connectivity index (χ0) is 12.3. The summed E-state index contributed by atoms with van der Waals surface area (Å²) in [5.41, 5.74) is 1.19. The number of aromatic carboxylic acids is 1. The number of rotatable bonds is 4. The van der Waals surface area contributed by atoms with E-state index in [0.29, 0.717) is 6.54 Å². The predicted octanol–water partition coefficient (Wildman–Crippen LogP) is 2.16. The van der Waals surface area contributed by atoms with Gasteiger partial charge in [-0.05, 0) is 24.6 Å². The molecule has 0 spiro atoms. The van der Waals surface area contributed by atoms with Crippen LogP contribution in [0.2, 0.25) is 0 Å². The first kappa shape index (κ1) is 11.5. The van der Waals surface area contributed by atoms with Gasteiger partial charge in [0, 0.05) is 18.1 Å². The molecule has 1 aromatic heterocycles. The number of carbonyl (C=O) groups is 1. The Bertz CT molecular complexity index is 539. The van der Waals surface area contributed by atoms with E-state index in [-0.39, 0.29) is 5.56 Å². The molecule has 0 saturated carbocycles. The number of aryl methyl sites for hydroxylation is 1. The van der Waals surface area contributed by atoms with Crippen LogP contribution in [0.15, 0.2) is 24.3 Å². The van der Waals surface area contributed by atoms with Crippen LogP contribution in [0.1, 0.15) is 21.7 Å². The molecule has 0 unspecified atom stereocenters. The molecule has 2 rings (SSSR count). The first-order valence-corrected chi connectivity index (χ1v) is 5.79. The maximum atomic E-state index is 10.8. The van der Waals surface area contributed by atoms with Crippen LogP contribution < -0.4 is 5.32 Å². The van der Waals surface area contributed by atoms with Crippen molar-refractivity contribution in [2.45, 2.75) is 13.5 Å². The van der Waals surface area contributed by atoms with Crippen LogP contribution in [0, 0.1) is 6.92 Å². The number of aromatic nitrogens is 2. The SMILES string of the molecule is Cc1nsc(NCc2cccc(C(=O)O)c2)n1. The summed E-state index contributed by atoms with van der Waals surface area (Å²) in [6, 6.07) is 6.81. The smallest absolute Gasteiger partial charge is 0.335 e. The van der Waals surface area contributed by atoms with Gasteiger partial charge in [-0.2, -0.15) is 4.37 Å². The lowest BCUT2D eigenvalue weighted by Gasteiger charge is -2.03. The molecule has 0 amide bonds. The van der Waals surface area contributed by atoms with Gasteiger partial charge in [-0.25, -0.2) is 9.78 Å². The quantitative estimate of drug-likeness (QED) is 0.868. The van der Waals surface area contributed by atoms with Crippen LogP contribution >= 0.6 is 11.5 Å². The number of carboxylic acid groups (broad SMARTS) is 1. The molecule has 0 aliphatic carbocycles. The highest BCUT2D eigenvalue weighted by atomic mass is 32.1. The minimum atomic E-state index is -0.918. The third kappa shape index (κ3) is 3.01. The van der Waals surface area contributed by atoms with E-state index in [0.717, 1.165) is 16.5 Å². The Hall–Kier alpha value is -1.95. The molecule has 88 valence electrons. The van der Waals surface area contributed by atoms with Crippen molar-refractivity contribution in [2.24, 2.45) is 0 Å². The van der Waals surface area contributed by atoms with Crippen molar-refractivity contribution in [3.8, 4) is 0 Å². The lowest BCUT2D eigenvalue weighted by Crippen LogP contribution is -2.02. The average Bonchev–Trinajstić information content (AvgIpc) is 2.73. The van der Waals surface area contributed by atoms with Crippen molar-refractivity contribution in [2.75, 3.05) is 5.32 Å². The number of benzene rings is 1. The van der Waals surface area contributed by atoms with Crippen LogP contribution in [-0.2, 0) is 6.54 Å². The zero-order valence-electron chi connectivity index (χ0n) is 9.17. The molecule has 0 saturated heterocycles. The molecule has 5 nitrogen and oxygen atoms in total. The summed E-state index contributed by atoms with van der Waals surface area (Å²) in [5.74, 6) is -0.185. The summed E-state index contributed by atoms with van der Waals surface area (Å²) in [7, 11) is 0. The van der Waals surface area contributed by atoms with Gasteiger partial charge in [0.15, 0.2) is 0 Å². The predicted molar refractivity (Wildman–Crippen MR) is 65.4 cm³/mol. The summed E-state index contributed by atoms with van der Waals surface area (Å²) in [6.07, 6.45) is 0. The second-order valence-electron chi connectivity index (χ2n) is 3.51. The molecule has 0 aliphatic heterocycles. The Morgan fingerprint density at radius 3 is 3.00 bits per heavy atom. The second-order valence-corrected chi connectivity index (χ2v) is 4.26. The standard InChI is InChI=1S/C11H11N3O2S/c1-7-13-11(17-14-7)12-6-8-3-2-4-9(5-8)10(15)16/h2-5H,6H2,1H3,(H,15,16)(H,12,13,14). The van der Waals surface area contributed by atoms with Crippen LogP contribution in [0.3, 0.4) is 0 Å². The zero-order valence-corrected chi connectivity index (χ0v) is 9.99. The number of hydrogen-bond donors (Lipinski definition) is 2. The third-order valence-corrected chi connectivity index (χ3v) is 2.91. The largest absolute Gasteiger partial charge is 0.478 e. The number of nitrogens with zero attached hydrogens (tertiary/aromatic N) is 2. The molecule has 1 heterocycles. The first-order valence-electron chi connectivity index (χ1n) is 5.01. The second kappa shape index (κ2) is 4.92. The van der Waals surface area contributed by atoms with Crippen LogP contribution in [0.5, 0.6) is 0 Å². The lowest BCUT2D eigenvalue weighted by atomic mass is 10.1. The summed E-state index contributed by atoms with van der Waals surface area (Å²) < 4.78 is 4.05. The highest BCUT2D eigenvalue weighted by molar-refractivity contribution is 7.09. The molecular weight excluding hydrogens is 238 g/mol. The third-order valence-electron chi connectivity index (χ3n) is 2.15. The van der Waals surface area contributed by atoms with E-state index in [9.17, 15) is 4.79 Å². The monoisotopic (exact) mass is 249 g/mol. The summed E-state index contributed by atoms with van der Waals surface area (Å²) in [6.45, 7) is 2.36. The van der Waals surface area contributed by atoms with Gasteiger partial charge in [0.05, 0.1) is 5.56 Å². The van der Waals surface area contributed by atoms with Crippen LogP contribution in [-0.4, -0.2) is 20.4 Å². The van der Waals surface area contributed by atoms with Gasteiger partial charge in [0.25, 0.3) is 0 Å². The first-order chi connectivity index (χ1) is 8.15. The van der Waals surface area contributed by atoms with Crippen molar-refractivity contribution >= 4 is 22.6 Å². The van der Waals surface area contributed by atoms with E-state index in [1.54, 1.807) is 18.2 Å². The van der Waals surface area contributed by atoms with Gasteiger partial charge in [-0.15, -0.1) is 0 Å².